The summed E-state index contributed by atoms with van der Waals surface area (Å²) in [7, 11) is -3.08. The Labute approximate surface area is 174 Å². The van der Waals surface area contributed by atoms with E-state index in [9.17, 15) is 13.2 Å². The summed E-state index contributed by atoms with van der Waals surface area (Å²) < 4.78 is 24.1. The normalized spacial score (nSPS) is 17.8. The summed E-state index contributed by atoms with van der Waals surface area (Å²) >= 11 is 0. The van der Waals surface area contributed by atoms with E-state index in [1.54, 1.807) is 11.0 Å². The molecule has 2 aromatic carbocycles. The lowest BCUT2D eigenvalue weighted by Gasteiger charge is -2.29. The van der Waals surface area contributed by atoms with Gasteiger partial charge >= 0.3 is 0 Å². The molecule has 1 saturated heterocycles. The molecule has 3 rings (SSSR count). The number of benzene rings is 2. The van der Waals surface area contributed by atoms with Gasteiger partial charge in [0, 0.05) is 36.9 Å². The highest BCUT2D eigenvalue weighted by atomic mass is 32.2. The van der Waals surface area contributed by atoms with Gasteiger partial charge in [0.05, 0.1) is 11.5 Å². The third-order valence-corrected chi connectivity index (χ3v) is 7.34. The number of anilines is 1. The molecule has 1 amide bonds. The summed E-state index contributed by atoms with van der Waals surface area (Å²) in [6.07, 6.45) is 0.497. The van der Waals surface area contributed by atoms with Crippen LogP contribution in [0.4, 0.5) is 5.69 Å². The SMILES string of the molecule is CCN(CC)c1ccc(CN(C(=O)c2cccc(C)c2)C2CCS(=O)(=O)C2)cc1. The number of carbonyl (C=O) groups excluding carboxylic acids is 1. The highest BCUT2D eigenvalue weighted by Crippen LogP contribution is 2.24. The molecule has 29 heavy (non-hydrogen) atoms. The zero-order valence-electron chi connectivity index (χ0n) is 17.5. The summed E-state index contributed by atoms with van der Waals surface area (Å²) in [6.45, 7) is 8.49. The van der Waals surface area contributed by atoms with Crippen LogP contribution in [0.1, 0.15) is 41.8 Å². The lowest BCUT2D eigenvalue weighted by molar-refractivity contribution is 0.0681. The number of sulfone groups is 1. The van der Waals surface area contributed by atoms with Crippen LogP contribution in [0.2, 0.25) is 0 Å². The van der Waals surface area contributed by atoms with E-state index in [-0.39, 0.29) is 23.5 Å². The largest absolute Gasteiger partial charge is 0.372 e. The van der Waals surface area contributed by atoms with Crippen molar-refractivity contribution in [1.82, 2.24) is 4.90 Å². The van der Waals surface area contributed by atoms with Crippen LogP contribution in [0.3, 0.4) is 0 Å². The molecule has 1 aliphatic rings. The first-order chi connectivity index (χ1) is 13.8. The number of carbonyl (C=O) groups is 1. The predicted molar refractivity (Wildman–Crippen MR) is 118 cm³/mol. The molecule has 156 valence electrons. The van der Waals surface area contributed by atoms with Crippen molar-refractivity contribution in [1.29, 1.82) is 0 Å². The van der Waals surface area contributed by atoms with Crippen molar-refractivity contribution in [2.24, 2.45) is 0 Å². The number of hydrogen-bond donors (Lipinski definition) is 0. The van der Waals surface area contributed by atoms with Crippen molar-refractivity contribution in [3.05, 3.63) is 65.2 Å². The minimum Gasteiger partial charge on any atom is -0.372 e. The first-order valence-electron chi connectivity index (χ1n) is 10.2. The number of rotatable bonds is 7. The zero-order chi connectivity index (χ0) is 21.0. The standard InChI is InChI=1S/C23H30N2O3S/c1-4-24(5-2)21-11-9-19(10-12-21)16-25(22-13-14-29(27,28)17-22)23(26)20-8-6-7-18(3)15-20/h6-12,15,22H,4-5,13-14,16-17H2,1-3H3. The second-order valence-corrected chi connectivity index (χ2v) is 9.93. The number of hydrogen-bond acceptors (Lipinski definition) is 4. The first-order valence-corrected chi connectivity index (χ1v) is 12.1. The van der Waals surface area contributed by atoms with Gasteiger partial charge in [0.2, 0.25) is 0 Å². The van der Waals surface area contributed by atoms with Gasteiger partial charge in [-0.2, -0.15) is 0 Å². The Bertz CT molecular complexity index is 950. The highest BCUT2D eigenvalue weighted by Gasteiger charge is 2.35. The fourth-order valence-electron chi connectivity index (χ4n) is 3.93. The van der Waals surface area contributed by atoms with E-state index >= 15 is 0 Å². The number of nitrogens with zero attached hydrogens (tertiary/aromatic N) is 2. The van der Waals surface area contributed by atoms with Gasteiger partial charge in [-0.25, -0.2) is 8.42 Å². The molecule has 1 atom stereocenters. The van der Waals surface area contributed by atoms with Gasteiger partial charge in [-0.1, -0.05) is 29.8 Å². The van der Waals surface area contributed by atoms with Crippen molar-refractivity contribution in [2.45, 2.75) is 39.8 Å². The first kappa shape index (κ1) is 21.4. The molecule has 2 aromatic rings. The minimum atomic E-state index is -3.08. The van der Waals surface area contributed by atoms with Gasteiger partial charge in [0.1, 0.15) is 0 Å². The predicted octanol–water partition coefficient (Wildman–Crippen LogP) is 3.67. The van der Waals surface area contributed by atoms with Crippen LogP contribution in [0, 0.1) is 6.92 Å². The maximum Gasteiger partial charge on any atom is 0.254 e. The summed E-state index contributed by atoms with van der Waals surface area (Å²) in [4.78, 5) is 17.3. The summed E-state index contributed by atoms with van der Waals surface area (Å²) in [5.41, 5.74) is 3.78. The maximum absolute atomic E-state index is 13.3. The van der Waals surface area contributed by atoms with Crippen LogP contribution in [0.5, 0.6) is 0 Å². The van der Waals surface area contributed by atoms with Crippen molar-refractivity contribution in [2.75, 3.05) is 29.5 Å². The zero-order valence-corrected chi connectivity index (χ0v) is 18.3. The van der Waals surface area contributed by atoms with Gasteiger partial charge in [-0.05, 0) is 57.0 Å². The van der Waals surface area contributed by atoms with Crippen LogP contribution >= 0.6 is 0 Å². The molecule has 0 saturated carbocycles. The molecule has 1 heterocycles. The average molecular weight is 415 g/mol. The Morgan fingerprint density at radius 1 is 1.07 bits per heavy atom. The minimum absolute atomic E-state index is 0.0437. The number of amides is 1. The van der Waals surface area contributed by atoms with Gasteiger partial charge in [0.15, 0.2) is 9.84 Å². The van der Waals surface area contributed by atoms with E-state index in [4.69, 9.17) is 0 Å². The van der Waals surface area contributed by atoms with Crippen LogP contribution in [0.25, 0.3) is 0 Å². The number of aryl methyl sites for hydroxylation is 1. The van der Waals surface area contributed by atoms with E-state index in [0.717, 1.165) is 29.9 Å². The fraction of sp³-hybridized carbons (Fsp3) is 0.435. The molecule has 0 N–H and O–H groups in total. The van der Waals surface area contributed by atoms with E-state index in [1.165, 1.54) is 0 Å². The molecule has 0 bridgehead atoms. The molecular weight excluding hydrogens is 384 g/mol. The smallest absolute Gasteiger partial charge is 0.254 e. The Hall–Kier alpha value is -2.34. The molecule has 1 aliphatic heterocycles. The molecular formula is C23H30N2O3S. The summed E-state index contributed by atoms with van der Waals surface area (Å²) in [5.74, 6) is 0.0849. The Morgan fingerprint density at radius 2 is 1.76 bits per heavy atom. The third-order valence-electron chi connectivity index (χ3n) is 5.59. The second-order valence-electron chi connectivity index (χ2n) is 7.70. The van der Waals surface area contributed by atoms with Crippen LogP contribution < -0.4 is 4.90 Å². The molecule has 1 fully saturated rings. The lowest BCUT2D eigenvalue weighted by Crippen LogP contribution is -2.40. The van der Waals surface area contributed by atoms with Crippen LogP contribution in [0.15, 0.2) is 48.5 Å². The fourth-order valence-corrected chi connectivity index (χ4v) is 5.66. The van der Waals surface area contributed by atoms with Crippen molar-refractivity contribution < 1.29 is 13.2 Å². The van der Waals surface area contributed by atoms with Gasteiger partial charge in [0.25, 0.3) is 5.91 Å². The Kier molecular flexibility index (Phi) is 6.63. The van der Waals surface area contributed by atoms with E-state index in [2.05, 4.69) is 30.9 Å². The monoisotopic (exact) mass is 414 g/mol. The Balaban J connectivity index is 1.86. The summed E-state index contributed by atoms with van der Waals surface area (Å²) in [6, 6.07) is 15.4. The molecule has 6 heteroatoms. The topological polar surface area (TPSA) is 57.7 Å². The van der Waals surface area contributed by atoms with E-state index < -0.39 is 9.84 Å². The maximum atomic E-state index is 13.3. The molecule has 0 aromatic heterocycles. The van der Waals surface area contributed by atoms with Gasteiger partial charge < -0.3 is 9.80 Å². The van der Waals surface area contributed by atoms with Crippen molar-refractivity contribution in [3.63, 3.8) is 0 Å². The molecule has 5 nitrogen and oxygen atoms in total. The van der Waals surface area contributed by atoms with Crippen LogP contribution in [-0.4, -0.2) is 49.9 Å². The van der Waals surface area contributed by atoms with Crippen molar-refractivity contribution >= 4 is 21.4 Å². The van der Waals surface area contributed by atoms with Gasteiger partial charge in [-0.15, -0.1) is 0 Å². The Morgan fingerprint density at radius 3 is 2.31 bits per heavy atom. The molecule has 0 spiro atoms. The molecule has 1 unspecified atom stereocenters. The van der Waals surface area contributed by atoms with Crippen molar-refractivity contribution in [3.8, 4) is 0 Å². The van der Waals surface area contributed by atoms with Gasteiger partial charge in [-0.3, -0.25) is 4.79 Å². The summed E-state index contributed by atoms with van der Waals surface area (Å²) in [5, 5.41) is 0. The van der Waals surface area contributed by atoms with E-state index in [1.807, 2.05) is 37.3 Å². The quantitative estimate of drug-likeness (QED) is 0.694. The third kappa shape index (κ3) is 5.18. The molecule has 0 aliphatic carbocycles. The lowest BCUT2D eigenvalue weighted by atomic mass is 10.1. The second kappa shape index (κ2) is 8.99. The van der Waals surface area contributed by atoms with Crippen LogP contribution in [-0.2, 0) is 16.4 Å². The average Bonchev–Trinajstić information content (AvgIpc) is 3.07. The van der Waals surface area contributed by atoms with E-state index in [0.29, 0.717) is 18.5 Å². The molecule has 0 radical (unpaired) electrons. The highest BCUT2D eigenvalue weighted by molar-refractivity contribution is 7.91.